The van der Waals surface area contributed by atoms with Crippen molar-refractivity contribution in [1.82, 2.24) is 25.3 Å². The Kier molecular flexibility index (Phi) is 10.3. The number of nitrogens with one attached hydrogen (secondary N) is 2. The number of aryl methyl sites for hydroxylation is 2. The monoisotopic (exact) mass is 504 g/mol. The molecule has 2 heterocycles. The molecule has 2 N–H and O–H groups in total. The first-order valence-corrected chi connectivity index (χ1v) is 10.2. The average molecular weight is 504 g/mol. The van der Waals surface area contributed by atoms with Crippen molar-refractivity contribution in [3.63, 3.8) is 0 Å². The lowest BCUT2D eigenvalue weighted by atomic mass is 10.0. The van der Waals surface area contributed by atoms with Gasteiger partial charge in [0.05, 0.1) is 5.69 Å². The molecule has 1 aliphatic rings. The summed E-state index contributed by atoms with van der Waals surface area (Å²) in [7, 11) is 3.82. The molecule has 0 spiro atoms. The van der Waals surface area contributed by atoms with Gasteiger partial charge in [-0.15, -0.1) is 24.0 Å². The highest BCUT2D eigenvalue weighted by molar-refractivity contribution is 14.0. The highest BCUT2D eigenvalue weighted by atomic mass is 127. The lowest BCUT2D eigenvalue weighted by Crippen LogP contribution is -2.50. The van der Waals surface area contributed by atoms with Crippen LogP contribution < -0.4 is 10.6 Å². The van der Waals surface area contributed by atoms with E-state index in [-0.39, 0.29) is 35.8 Å². The standard InChI is InChI=1S/C20H36N6O.HI/c1-7-17-16(18(8-2)25(6)24-17)13-22-20(21-5)23-15-9-11-26(12-10-15)19(27)14(3)4;/h14-15H,7-13H2,1-6H3,(H2,21,22,23);1H. The van der Waals surface area contributed by atoms with Crippen LogP contribution in [0.5, 0.6) is 0 Å². The maximum Gasteiger partial charge on any atom is 0.225 e. The zero-order valence-corrected chi connectivity index (χ0v) is 20.5. The second-order valence-electron chi connectivity index (χ2n) is 7.53. The first-order chi connectivity index (χ1) is 12.9. The normalized spacial score (nSPS) is 15.5. The summed E-state index contributed by atoms with van der Waals surface area (Å²) in [6, 6.07) is 0.345. The molecule has 0 bridgehead atoms. The van der Waals surface area contributed by atoms with Crippen LogP contribution in [0.4, 0.5) is 0 Å². The quantitative estimate of drug-likeness (QED) is 0.355. The first-order valence-electron chi connectivity index (χ1n) is 10.2. The molecule has 1 fully saturated rings. The molecule has 7 nitrogen and oxygen atoms in total. The Balaban J connectivity index is 0.00000392. The number of nitrogens with zero attached hydrogens (tertiary/aromatic N) is 4. The molecular weight excluding hydrogens is 467 g/mol. The third-order valence-corrected chi connectivity index (χ3v) is 5.33. The second kappa shape index (κ2) is 11.6. The van der Waals surface area contributed by atoms with E-state index in [0.717, 1.165) is 57.0 Å². The van der Waals surface area contributed by atoms with Crippen molar-refractivity contribution in [2.45, 2.75) is 66.0 Å². The third kappa shape index (κ3) is 6.09. The van der Waals surface area contributed by atoms with E-state index in [4.69, 9.17) is 0 Å². The number of amides is 1. The summed E-state index contributed by atoms with van der Waals surface area (Å²) in [5, 5.41) is 11.6. The number of aliphatic imine (C=N–C) groups is 1. The van der Waals surface area contributed by atoms with Crippen LogP contribution >= 0.6 is 24.0 Å². The summed E-state index contributed by atoms with van der Waals surface area (Å²) in [6.45, 7) is 10.6. The summed E-state index contributed by atoms with van der Waals surface area (Å²) >= 11 is 0. The smallest absolute Gasteiger partial charge is 0.225 e. The molecular formula is C20H37IN6O. The van der Waals surface area contributed by atoms with Crippen LogP contribution in [0.25, 0.3) is 0 Å². The van der Waals surface area contributed by atoms with Gasteiger partial charge in [0.25, 0.3) is 0 Å². The van der Waals surface area contributed by atoms with Crippen molar-refractivity contribution in [2.75, 3.05) is 20.1 Å². The number of hydrogen-bond acceptors (Lipinski definition) is 3. The molecule has 0 saturated carbocycles. The average Bonchev–Trinajstić information content (AvgIpc) is 2.99. The molecule has 1 aromatic heterocycles. The van der Waals surface area contributed by atoms with Gasteiger partial charge in [-0.3, -0.25) is 14.5 Å². The molecule has 0 atom stereocenters. The van der Waals surface area contributed by atoms with Crippen molar-refractivity contribution in [3.05, 3.63) is 17.0 Å². The van der Waals surface area contributed by atoms with Crippen molar-refractivity contribution in [2.24, 2.45) is 18.0 Å². The summed E-state index contributed by atoms with van der Waals surface area (Å²) in [4.78, 5) is 18.5. The van der Waals surface area contributed by atoms with Gasteiger partial charge in [-0.1, -0.05) is 27.7 Å². The molecule has 0 unspecified atom stereocenters. The lowest BCUT2D eigenvalue weighted by Gasteiger charge is -2.34. The summed E-state index contributed by atoms with van der Waals surface area (Å²) in [5.41, 5.74) is 3.70. The largest absolute Gasteiger partial charge is 0.354 e. The molecule has 1 aromatic rings. The van der Waals surface area contributed by atoms with Crippen LogP contribution in [0, 0.1) is 5.92 Å². The number of guanidine groups is 1. The van der Waals surface area contributed by atoms with Crippen LogP contribution in [-0.4, -0.2) is 52.7 Å². The van der Waals surface area contributed by atoms with E-state index in [1.54, 1.807) is 7.05 Å². The fraction of sp³-hybridized carbons (Fsp3) is 0.750. The van der Waals surface area contributed by atoms with Gasteiger partial charge in [-0.25, -0.2) is 0 Å². The van der Waals surface area contributed by atoms with Crippen molar-refractivity contribution < 1.29 is 4.79 Å². The molecule has 2 rings (SSSR count). The zero-order chi connectivity index (χ0) is 20.0. The van der Waals surface area contributed by atoms with E-state index >= 15 is 0 Å². The number of rotatable bonds is 6. The number of carbonyl (C=O) groups is 1. The molecule has 1 amide bonds. The maximum absolute atomic E-state index is 12.1. The molecule has 160 valence electrons. The molecule has 28 heavy (non-hydrogen) atoms. The van der Waals surface area contributed by atoms with Crippen molar-refractivity contribution in [3.8, 4) is 0 Å². The van der Waals surface area contributed by atoms with E-state index < -0.39 is 0 Å². The van der Waals surface area contributed by atoms with Gasteiger partial charge in [-0.2, -0.15) is 5.10 Å². The molecule has 0 aliphatic carbocycles. The number of piperidine rings is 1. The lowest BCUT2D eigenvalue weighted by molar-refractivity contribution is -0.135. The van der Waals surface area contributed by atoms with Crippen molar-refractivity contribution in [1.29, 1.82) is 0 Å². The highest BCUT2D eigenvalue weighted by Gasteiger charge is 2.24. The number of carbonyl (C=O) groups excluding carboxylic acids is 1. The van der Waals surface area contributed by atoms with Gasteiger partial charge in [0.15, 0.2) is 5.96 Å². The predicted molar refractivity (Wildman–Crippen MR) is 125 cm³/mol. The highest BCUT2D eigenvalue weighted by Crippen LogP contribution is 2.16. The molecule has 1 aliphatic heterocycles. The minimum absolute atomic E-state index is 0. The Morgan fingerprint density at radius 1 is 1.25 bits per heavy atom. The number of halogens is 1. The Morgan fingerprint density at radius 3 is 2.39 bits per heavy atom. The van der Waals surface area contributed by atoms with E-state index in [2.05, 4.69) is 34.6 Å². The molecule has 8 heteroatoms. The van der Waals surface area contributed by atoms with Crippen LogP contribution in [0.2, 0.25) is 0 Å². The topological polar surface area (TPSA) is 74.6 Å². The van der Waals surface area contributed by atoms with E-state index in [1.807, 2.05) is 30.5 Å². The van der Waals surface area contributed by atoms with Gasteiger partial charge in [0.2, 0.25) is 5.91 Å². The minimum atomic E-state index is 0. The Hall–Kier alpha value is -1.32. The second-order valence-corrected chi connectivity index (χ2v) is 7.53. The van der Waals surface area contributed by atoms with E-state index in [9.17, 15) is 4.79 Å². The summed E-state index contributed by atoms with van der Waals surface area (Å²) in [5.74, 6) is 1.15. The summed E-state index contributed by atoms with van der Waals surface area (Å²) in [6.07, 6.45) is 3.80. The number of likely N-dealkylation sites (tertiary alicyclic amines) is 1. The van der Waals surface area contributed by atoms with Gasteiger partial charge in [-0.05, 0) is 25.7 Å². The van der Waals surface area contributed by atoms with Crippen molar-refractivity contribution >= 4 is 35.8 Å². The van der Waals surface area contributed by atoms with E-state index in [1.165, 1.54) is 11.3 Å². The Morgan fingerprint density at radius 2 is 1.89 bits per heavy atom. The first kappa shape index (κ1) is 24.7. The van der Waals surface area contributed by atoms with Gasteiger partial charge in [0.1, 0.15) is 0 Å². The zero-order valence-electron chi connectivity index (χ0n) is 18.2. The van der Waals surface area contributed by atoms with Gasteiger partial charge in [0, 0.05) is 56.9 Å². The van der Waals surface area contributed by atoms with E-state index in [0.29, 0.717) is 6.04 Å². The SMILES string of the molecule is CCc1nn(C)c(CC)c1CNC(=NC)NC1CCN(C(=O)C(C)C)CC1.I. The van der Waals surface area contributed by atoms with Crippen LogP contribution in [0.1, 0.15) is 57.5 Å². The molecule has 1 saturated heterocycles. The van der Waals surface area contributed by atoms with Crippen LogP contribution in [0.15, 0.2) is 4.99 Å². The van der Waals surface area contributed by atoms with Gasteiger partial charge >= 0.3 is 0 Å². The number of aromatic nitrogens is 2. The predicted octanol–water partition coefficient (Wildman–Crippen LogP) is 2.47. The molecule has 0 radical (unpaired) electrons. The third-order valence-electron chi connectivity index (χ3n) is 5.33. The fourth-order valence-electron chi connectivity index (χ4n) is 3.76. The maximum atomic E-state index is 12.1. The summed E-state index contributed by atoms with van der Waals surface area (Å²) < 4.78 is 1.99. The molecule has 0 aromatic carbocycles. The Bertz CT molecular complexity index is 662. The minimum Gasteiger partial charge on any atom is -0.354 e. The Labute approximate surface area is 186 Å². The fourth-order valence-corrected chi connectivity index (χ4v) is 3.76. The van der Waals surface area contributed by atoms with Crippen LogP contribution in [0.3, 0.4) is 0 Å². The number of hydrogen-bond donors (Lipinski definition) is 2. The van der Waals surface area contributed by atoms with Gasteiger partial charge < -0.3 is 15.5 Å². The van der Waals surface area contributed by atoms with Crippen LogP contribution in [-0.2, 0) is 31.2 Å².